The van der Waals surface area contributed by atoms with Crippen LogP contribution in [0.25, 0.3) is 0 Å². The maximum Gasteiger partial charge on any atom is 0.271 e. The van der Waals surface area contributed by atoms with E-state index < -0.39 is 0 Å². The van der Waals surface area contributed by atoms with Crippen LogP contribution in [0.15, 0.2) is 78.2 Å². The standard InChI is InChI=1S/C20H15ClN4O2/c21-18-7-2-1-6-17(18)20(27)24-16-5-3-4-14(12-16)13-23-25-19(26)15-8-10-22-11-9-15/h1-13H,(H,24,27)(H,25,26)/b23-13+. The molecule has 7 heteroatoms. The second-order valence-electron chi connectivity index (χ2n) is 5.49. The number of carbonyl (C=O) groups excluding carboxylic acids is 2. The Hall–Kier alpha value is -3.51. The minimum Gasteiger partial charge on any atom is -0.322 e. The first-order chi connectivity index (χ1) is 13.1. The van der Waals surface area contributed by atoms with Crippen LogP contribution in [0.4, 0.5) is 5.69 Å². The maximum absolute atomic E-state index is 12.3. The highest BCUT2D eigenvalue weighted by Gasteiger charge is 2.09. The van der Waals surface area contributed by atoms with E-state index >= 15 is 0 Å². The third-order valence-electron chi connectivity index (χ3n) is 3.59. The largest absolute Gasteiger partial charge is 0.322 e. The molecule has 2 N–H and O–H groups in total. The third kappa shape index (κ3) is 4.99. The summed E-state index contributed by atoms with van der Waals surface area (Å²) in [5.41, 5.74) is 4.59. The van der Waals surface area contributed by atoms with Gasteiger partial charge < -0.3 is 5.32 Å². The molecule has 0 unspecified atom stereocenters. The fourth-order valence-electron chi connectivity index (χ4n) is 2.27. The van der Waals surface area contributed by atoms with E-state index in [0.29, 0.717) is 27.4 Å². The second-order valence-corrected chi connectivity index (χ2v) is 5.90. The van der Waals surface area contributed by atoms with Crippen molar-refractivity contribution in [3.05, 3.63) is 94.8 Å². The van der Waals surface area contributed by atoms with Crippen LogP contribution in [0.2, 0.25) is 5.02 Å². The molecule has 1 heterocycles. The van der Waals surface area contributed by atoms with Crippen LogP contribution in [0, 0.1) is 0 Å². The predicted molar refractivity (Wildman–Crippen MR) is 105 cm³/mol. The van der Waals surface area contributed by atoms with Crippen molar-refractivity contribution in [3.8, 4) is 0 Å². The van der Waals surface area contributed by atoms with Crippen LogP contribution in [0.3, 0.4) is 0 Å². The number of pyridine rings is 1. The average Bonchev–Trinajstić information content (AvgIpc) is 2.69. The molecule has 0 radical (unpaired) electrons. The van der Waals surface area contributed by atoms with Gasteiger partial charge in [-0.2, -0.15) is 5.10 Å². The average molecular weight is 379 g/mol. The van der Waals surface area contributed by atoms with Crippen molar-refractivity contribution >= 4 is 35.3 Å². The van der Waals surface area contributed by atoms with Gasteiger partial charge in [-0.1, -0.05) is 35.9 Å². The van der Waals surface area contributed by atoms with Crippen LogP contribution in [0.5, 0.6) is 0 Å². The molecule has 1 aromatic heterocycles. The van der Waals surface area contributed by atoms with E-state index in [-0.39, 0.29) is 11.8 Å². The molecule has 0 aliphatic rings. The number of hydrogen-bond acceptors (Lipinski definition) is 4. The van der Waals surface area contributed by atoms with Gasteiger partial charge in [-0.15, -0.1) is 0 Å². The maximum atomic E-state index is 12.3. The lowest BCUT2D eigenvalue weighted by atomic mass is 10.2. The summed E-state index contributed by atoms with van der Waals surface area (Å²) in [6.45, 7) is 0. The van der Waals surface area contributed by atoms with Gasteiger partial charge in [-0.3, -0.25) is 14.6 Å². The molecular formula is C20H15ClN4O2. The number of nitrogens with one attached hydrogen (secondary N) is 2. The van der Waals surface area contributed by atoms with E-state index in [4.69, 9.17) is 11.6 Å². The number of benzene rings is 2. The van der Waals surface area contributed by atoms with Gasteiger partial charge in [0.15, 0.2) is 0 Å². The molecule has 134 valence electrons. The van der Waals surface area contributed by atoms with Gasteiger partial charge in [0.05, 0.1) is 16.8 Å². The Labute approximate surface area is 160 Å². The SMILES string of the molecule is O=C(N/N=C/c1cccc(NC(=O)c2ccccc2Cl)c1)c1ccncc1. The Balaban J connectivity index is 1.64. The van der Waals surface area contributed by atoms with E-state index in [9.17, 15) is 9.59 Å². The molecule has 0 saturated heterocycles. The van der Waals surface area contributed by atoms with Crippen molar-refractivity contribution in [3.63, 3.8) is 0 Å². The van der Waals surface area contributed by atoms with Crippen LogP contribution in [0.1, 0.15) is 26.3 Å². The Morgan fingerprint density at radius 1 is 0.963 bits per heavy atom. The van der Waals surface area contributed by atoms with Gasteiger partial charge in [0, 0.05) is 23.6 Å². The molecule has 0 fully saturated rings. The summed E-state index contributed by atoms with van der Waals surface area (Å²) < 4.78 is 0. The van der Waals surface area contributed by atoms with Crippen molar-refractivity contribution in [2.75, 3.05) is 5.32 Å². The number of aromatic nitrogens is 1. The van der Waals surface area contributed by atoms with Gasteiger partial charge >= 0.3 is 0 Å². The lowest BCUT2D eigenvalue weighted by Gasteiger charge is -2.07. The van der Waals surface area contributed by atoms with Crippen LogP contribution < -0.4 is 10.7 Å². The van der Waals surface area contributed by atoms with Gasteiger partial charge in [0.25, 0.3) is 11.8 Å². The molecule has 0 aliphatic carbocycles. The zero-order valence-corrected chi connectivity index (χ0v) is 14.9. The quantitative estimate of drug-likeness (QED) is 0.524. The summed E-state index contributed by atoms with van der Waals surface area (Å²) in [6.07, 6.45) is 4.55. The molecular weight excluding hydrogens is 364 g/mol. The summed E-state index contributed by atoms with van der Waals surface area (Å²) in [6, 6.07) is 17.1. The van der Waals surface area contributed by atoms with Crippen LogP contribution in [-0.2, 0) is 0 Å². The second kappa shape index (κ2) is 8.73. The number of halogens is 1. The Bertz CT molecular complexity index is 990. The molecule has 27 heavy (non-hydrogen) atoms. The van der Waals surface area contributed by atoms with Crippen LogP contribution in [-0.4, -0.2) is 23.0 Å². The lowest BCUT2D eigenvalue weighted by molar-refractivity contribution is 0.0954. The number of nitrogens with zero attached hydrogens (tertiary/aromatic N) is 2. The highest BCUT2D eigenvalue weighted by Crippen LogP contribution is 2.17. The smallest absolute Gasteiger partial charge is 0.271 e. The van der Waals surface area contributed by atoms with Crippen molar-refractivity contribution in [1.82, 2.24) is 10.4 Å². The Kier molecular flexibility index (Phi) is 5.91. The van der Waals surface area contributed by atoms with Crippen LogP contribution >= 0.6 is 11.6 Å². The van der Waals surface area contributed by atoms with Crippen molar-refractivity contribution < 1.29 is 9.59 Å². The molecule has 0 bridgehead atoms. The molecule has 3 rings (SSSR count). The lowest BCUT2D eigenvalue weighted by Crippen LogP contribution is -2.17. The summed E-state index contributed by atoms with van der Waals surface area (Å²) in [5.74, 6) is -0.641. The number of hydrazone groups is 1. The first-order valence-electron chi connectivity index (χ1n) is 8.03. The zero-order chi connectivity index (χ0) is 19.1. The fourth-order valence-corrected chi connectivity index (χ4v) is 2.50. The summed E-state index contributed by atoms with van der Waals surface area (Å²) in [5, 5.41) is 7.10. The minimum atomic E-state index is -0.336. The highest BCUT2D eigenvalue weighted by atomic mass is 35.5. The first kappa shape index (κ1) is 18.3. The minimum absolute atomic E-state index is 0.305. The molecule has 2 amide bonds. The Morgan fingerprint density at radius 2 is 1.74 bits per heavy atom. The molecule has 3 aromatic rings. The monoisotopic (exact) mass is 378 g/mol. The number of carbonyl (C=O) groups is 2. The van der Waals surface area contributed by atoms with Gasteiger partial charge in [-0.05, 0) is 42.0 Å². The van der Waals surface area contributed by atoms with E-state index in [1.807, 2.05) is 0 Å². The molecule has 0 aliphatic heterocycles. The topological polar surface area (TPSA) is 83.5 Å². The summed E-state index contributed by atoms with van der Waals surface area (Å²) in [7, 11) is 0. The zero-order valence-electron chi connectivity index (χ0n) is 14.1. The fraction of sp³-hybridized carbons (Fsp3) is 0. The van der Waals surface area contributed by atoms with Crippen molar-refractivity contribution in [1.29, 1.82) is 0 Å². The van der Waals surface area contributed by atoms with Gasteiger partial charge in [-0.25, -0.2) is 5.43 Å². The third-order valence-corrected chi connectivity index (χ3v) is 3.91. The van der Waals surface area contributed by atoms with Crippen molar-refractivity contribution in [2.24, 2.45) is 5.10 Å². The van der Waals surface area contributed by atoms with Crippen molar-refractivity contribution in [2.45, 2.75) is 0 Å². The molecule has 0 spiro atoms. The number of amides is 2. The van der Waals surface area contributed by atoms with E-state index in [0.717, 1.165) is 0 Å². The molecule has 0 atom stereocenters. The van der Waals surface area contributed by atoms with E-state index in [2.05, 4.69) is 20.8 Å². The highest BCUT2D eigenvalue weighted by molar-refractivity contribution is 6.34. The molecule has 6 nitrogen and oxygen atoms in total. The van der Waals surface area contributed by atoms with Gasteiger partial charge in [0.1, 0.15) is 0 Å². The molecule has 0 saturated carbocycles. The predicted octanol–water partition coefficient (Wildman–Crippen LogP) is 3.75. The van der Waals surface area contributed by atoms with Gasteiger partial charge in [0.2, 0.25) is 0 Å². The Morgan fingerprint density at radius 3 is 2.52 bits per heavy atom. The number of rotatable bonds is 5. The number of anilines is 1. The molecule has 2 aromatic carbocycles. The first-order valence-corrected chi connectivity index (χ1v) is 8.40. The summed E-state index contributed by atoms with van der Waals surface area (Å²) >= 11 is 6.04. The van der Waals surface area contributed by atoms with E-state index in [1.54, 1.807) is 60.7 Å². The normalized spacial score (nSPS) is 10.6. The summed E-state index contributed by atoms with van der Waals surface area (Å²) in [4.78, 5) is 28.1. The van der Waals surface area contributed by atoms with E-state index in [1.165, 1.54) is 18.6 Å². The number of hydrogen-bond donors (Lipinski definition) is 2.